The molecule has 2 N–H and O–H groups in total. The van der Waals surface area contributed by atoms with E-state index in [1.807, 2.05) is 30.3 Å². The molecule has 0 aliphatic carbocycles. The first kappa shape index (κ1) is 17.2. The van der Waals surface area contributed by atoms with Gasteiger partial charge in [-0.1, -0.05) is 58.0 Å². The van der Waals surface area contributed by atoms with Gasteiger partial charge in [-0.3, -0.25) is 10.1 Å². The van der Waals surface area contributed by atoms with Crippen molar-refractivity contribution in [3.63, 3.8) is 0 Å². The Morgan fingerprint density at radius 1 is 1.30 bits per heavy atom. The Balaban J connectivity index is 1.99. The van der Waals surface area contributed by atoms with E-state index in [-0.39, 0.29) is 5.69 Å². The Hall–Kier alpha value is -2.19. The minimum absolute atomic E-state index is 0.00921. The van der Waals surface area contributed by atoms with Gasteiger partial charge >= 0.3 is 0 Å². The number of non-ortho nitro benzene ring substituents is 1. The van der Waals surface area contributed by atoms with Crippen LogP contribution >= 0.6 is 27.7 Å². The van der Waals surface area contributed by atoms with Gasteiger partial charge in [-0.25, -0.2) is 0 Å². The number of benzene rings is 2. The fourth-order valence-corrected chi connectivity index (χ4v) is 2.61. The molecule has 118 valence electrons. The summed E-state index contributed by atoms with van der Waals surface area (Å²) in [5.74, 6) is 0.701. The molecule has 6 nitrogen and oxygen atoms in total. The lowest BCUT2D eigenvalue weighted by atomic mass is 10.2. The maximum Gasteiger partial charge on any atom is 0.270 e. The molecule has 23 heavy (non-hydrogen) atoms. The van der Waals surface area contributed by atoms with E-state index in [1.165, 1.54) is 30.1 Å². The summed E-state index contributed by atoms with van der Waals surface area (Å²) in [7, 11) is 0. The Morgan fingerprint density at radius 2 is 2.04 bits per heavy atom. The van der Waals surface area contributed by atoms with E-state index in [0.29, 0.717) is 21.0 Å². The molecule has 0 saturated heterocycles. The van der Waals surface area contributed by atoms with E-state index in [1.54, 1.807) is 6.07 Å². The van der Waals surface area contributed by atoms with Gasteiger partial charge in [0, 0.05) is 27.9 Å². The summed E-state index contributed by atoms with van der Waals surface area (Å²) in [6, 6.07) is 14.3. The monoisotopic (exact) mass is 392 g/mol. The Labute approximate surface area is 145 Å². The zero-order valence-corrected chi connectivity index (χ0v) is 14.3. The first-order valence-electron chi connectivity index (χ1n) is 6.53. The predicted molar refractivity (Wildman–Crippen MR) is 97.7 cm³/mol. The summed E-state index contributed by atoms with van der Waals surface area (Å²) in [6.07, 6.45) is 1.42. The van der Waals surface area contributed by atoms with Crippen LogP contribution in [0.1, 0.15) is 11.1 Å². The van der Waals surface area contributed by atoms with Gasteiger partial charge in [-0.2, -0.15) is 5.10 Å². The molecule has 0 atom stereocenters. The van der Waals surface area contributed by atoms with Crippen molar-refractivity contribution >= 4 is 44.8 Å². The number of halogens is 1. The van der Waals surface area contributed by atoms with Crippen molar-refractivity contribution in [2.75, 3.05) is 0 Å². The minimum atomic E-state index is -0.461. The van der Waals surface area contributed by atoms with Crippen LogP contribution < -0.4 is 5.73 Å². The van der Waals surface area contributed by atoms with Crippen molar-refractivity contribution in [1.82, 2.24) is 0 Å². The van der Waals surface area contributed by atoms with Gasteiger partial charge in [0.2, 0.25) is 0 Å². The van der Waals surface area contributed by atoms with Gasteiger partial charge < -0.3 is 5.73 Å². The topological polar surface area (TPSA) is 93.9 Å². The zero-order chi connectivity index (χ0) is 16.7. The highest BCUT2D eigenvalue weighted by Crippen LogP contribution is 2.21. The van der Waals surface area contributed by atoms with Crippen LogP contribution in [0, 0.1) is 10.1 Å². The van der Waals surface area contributed by atoms with Crippen LogP contribution in [-0.2, 0) is 5.75 Å². The molecule has 2 rings (SSSR count). The van der Waals surface area contributed by atoms with Crippen molar-refractivity contribution in [2.24, 2.45) is 15.9 Å². The van der Waals surface area contributed by atoms with Crippen LogP contribution in [0.4, 0.5) is 5.69 Å². The van der Waals surface area contributed by atoms with Gasteiger partial charge in [0.15, 0.2) is 5.17 Å². The van der Waals surface area contributed by atoms with E-state index in [9.17, 15) is 10.1 Å². The standard InChI is InChI=1S/C15H13BrN4O2S/c16-14-7-6-13(20(21)22)8-12(14)9-18-19-15(17)23-10-11-4-2-1-3-5-11/h1-9H,10H2,(H2,17,19). The van der Waals surface area contributed by atoms with Crippen LogP contribution in [0.15, 0.2) is 63.2 Å². The number of thioether (sulfide) groups is 1. The molecule has 0 unspecified atom stereocenters. The number of amidine groups is 1. The zero-order valence-electron chi connectivity index (χ0n) is 11.9. The van der Waals surface area contributed by atoms with E-state index in [4.69, 9.17) is 5.73 Å². The lowest BCUT2D eigenvalue weighted by molar-refractivity contribution is -0.384. The van der Waals surface area contributed by atoms with Gasteiger partial charge in [-0.05, 0) is 11.6 Å². The van der Waals surface area contributed by atoms with Crippen LogP contribution in [0.3, 0.4) is 0 Å². The van der Waals surface area contributed by atoms with Crippen LogP contribution in [-0.4, -0.2) is 16.3 Å². The van der Waals surface area contributed by atoms with E-state index < -0.39 is 4.92 Å². The predicted octanol–water partition coefficient (Wildman–Crippen LogP) is 3.94. The highest BCUT2D eigenvalue weighted by atomic mass is 79.9. The second-order valence-corrected chi connectivity index (χ2v) is 6.27. The quantitative estimate of drug-likeness (QED) is 0.360. The number of nitro groups is 1. The Bertz CT molecular complexity index is 750. The number of rotatable bonds is 5. The van der Waals surface area contributed by atoms with Gasteiger partial charge in [-0.15, -0.1) is 5.10 Å². The molecule has 2 aromatic carbocycles. The Morgan fingerprint density at radius 3 is 2.74 bits per heavy atom. The molecule has 0 aliphatic rings. The fraction of sp³-hybridized carbons (Fsp3) is 0.0667. The van der Waals surface area contributed by atoms with Gasteiger partial charge in [0.25, 0.3) is 5.69 Å². The largest absolute Gasteiger partial charge is 0.377 e. The molecule has 0 aromatic heterocycles. The second-order valence-electron chi connectivity index (χ2n) is 4.42. The normalized spacial score (nSPS) is 11.8. The molecule has 2 aromatic rings. The minimum Gasteiger partial charge on any atom is -0.377 e. The maximum atomic E-state index is 10.8. The summed E-state index contributed by atoms with van der Waals surface area (Å²) in [5.41, 5.74) is 7.47. The highest BCUT2D eigenvalue weighted by molar-refractivity contribution is 9.10. The lowest BCUT2D eigenvalue weighted by Gasteiger charge is -1.99. The molecule has 8 heteroatoms. The number of nitrogens with zero attached hydrogens (tertiary/aromatic N) is 3. The van der Waals surface area contributed by atoms with Crippen molar-refractivity contribution < 1.29 is 4.92 Å². The molecular formula is C15H13BrN4O2S. The number of hydrogen-bond acceptors (Lipinski definition) is 5. The van der Waals surface area contributed by atoms with Crippen LogP contribution in [0.5, 0.6) is 0 Å². The van der Waals surface area contributed by atoms with E-state index in [2.05, 4.69) is 26.1 Å². The second kappa shape index (κ2) is 8.44. The summed E-state index contributed by atoms with van der Waals surface area (Å²) < 4.78 is 0.692. The third-order valence-corrected chi connectivity index (χ3v) is 4.35. The molecule has 0 aliphatic heterocycles. The fourth-order valence-electron chi connectivity index (χ4n) is 1.65. The first-order valence-corrected chi connectivity index (χ1v) is 8.31. The molecule has 0 fully saturated rings. The third-order valence-electron chi connectivity index (χ3n) is 2.77. The smallest absolute Gasteiger partial charge is 0.270 e. The number of nitro benzene ring substituents is 1. The third kappa shape index (κ3) is 5.50. The molecule has 0 spiro atoms. The molecule has 0 saturated carbocycles. The van der Waals surface area contributed by atoms with Crippen molar-refractivity contribution in [3.05, 3.63) is 74.2 Å². The number of nitrogens with two attached hydrogens (primary N) is 1. The summed E-state index contributed by atoms with van der Waals surface area (Å²) in [4.78, 5) is 10.3. The first-order chi connectivity index (χ1) is 11.1. The Kier molecular flexibility index (Phi) is 6.30. The SMILES string of the molecule is NC(=NN=Cc1cc([N+](=O)[O-])ccc1Br)SCc1ccccc1. The van der Waals surface area contributed by atoms with Gasteiger partial charge in [0.1, 0.15) is 0 Å². The maximum absolute atomic E-state index is 10.8. The molecule has 0 amide bonds. The highest BCUT2D eigenvalue weighted by Gasteiger charge is 2.07. The van der Waals surface area contributed by atoms with Crippen LogP contribution in [0.25, 0.3) is 0 Å². The average Bonchev–Trinajstić information content (AvgIpc) is 2.55. The molecule has 0 heterocycles. The van der Waals surface area contributed by atoms with Gasteiger partial charge in [0.05, 0.1) is 11.1 Å². The summed E-state index contributed by atoms with van der Waals surface area (Å²) >= 11 is 4.68. The molecule has 0 bridgehead atoms. The average molecular weight is 393 g/mol. The van der Waals surface area contributed by atoms with E-state index in [0.717, 1.165) is 5.56 Å². The van der Waals surface area contributed by atoms with Crippen molar-refractivity contribution in [2.45, 2.75) is 5.75 Å². The number of hydrogen-bond donors (Lipinski definition) is 1. The summed E-state index contributed by atoms with van der Waals surface area (Å²) in [5, 5.41) is 18.9. The van der Waals surface area contributed by atoms with Crippen molar-refractivity contribution in [1.29, 1.82) is 0 Å². The van der Waals surface area contributed by atoms with E-state index >= 15 is 0 Å². The van der Waals surface area contributed by atoms with Crippen LogP contribution in [0.2, 0.25) is 0 Å². The molecule has 0 radical (unpaired) electrons. The lowest BCUT2D eigenvalue weighted by Crippen LogP contribution is -2.06. The molecular weight excluding hydrogens is 380 g/mol. The summed E-state index contributed by atoms with van der Waals surface area (Å²) in [6.45, 7) is 0. The van der Waals surface area contributed by atoms with Crippen molar-refractivity contribution in [3.8, 4) is 0 Å².